The van der Waals surface area contributed by atoms with E-state index in [0.29, 0.717) is 6.04 Å². The summed E-state index contributed by atoms with van der Waals surface area (Å²) in [6.45, 7) is 0. The molecule has 1 aliphatic rings. The Kier molecular flexibility index (Phi) is 3.07. The van der Waals surface area contributed by atoms with Gasteiger partial charge in [0.15, 0.2) is 0 Å². The molecule has 0 aliphatic heterocycles. The van der Waals surface area contributed by atoms with E-state index in [-0.39, 0.29) is 0 Å². The van der Waals surface area contributed by atoms with Crippen LogP contribution in [0.2, 0.25) is 0 Å². The first-order valence-electron chi connectivity index (χ1n) is 5.37. The van der Waals surface area contributed by atoms with E-state index < -0.39 is 0 Å². The van der Waals surface area contributed by atoms with Gasteiger partial charge >= 0.3 is 0 Å². The number of hydrogen-bond acceptors (Lipinski definition) is 2. The number of benzene rings is 1. The van der Waals surface area contributed by atoms with Gasteiger partial charge in [0.2, 0.25) is 0 Å². The van der Waals surface area contributed by atoms with Crippen LogP contribution in [0.25, 0.3) is 6.08 Å². The third-order valence-electron chi connectivity index (χ3n) is 2.83. The van der Waals surface area contributed by atoms with E-state index in [1.165, 1.54) is 11.1 Å². The number of methoxy groups -OCH3 is 1. The standard InChI is InChI=1S/C13H17NO/c1-15-13-4-2-3-10(9-13)7-11-5-6-12(14)8-11/h2-4,7,9,12H,5-6,8,14H2,1H3. The molecule has 0 bridgehead atoms. The molecular formula is C13H17NO. The maximum absolute atomic E-state index is 5.87. The van der Waals surface area contributed by atoms with Gasteiger partial charge in [0.1, 0.15) is 5.75 Å². The number of hydrogen-bond donors (Lipinski definition) is 1. The minimum absolute atomic E-state index is 0.363. The van der Waals surface area contributed by atoms with Gasteiger partial charge in [-0.3, -0.25) is 0 Å². The van der Waals surface area contributed by atoms with Crippen LogP contribution in [0.5, 0.6) is 5.75 Å². The number of rotatable bonds is 2. The van der Waals surface area contributed by atoms with Crippen LogP contribution < -0.4 is 10.5 Å². The lowest BCUT2D eigenvalue weighted by Crippen LogP contribution is -2.13. The smallest absolute Gasteiger partial charge is 0.119 e. The SMILES string of the molecule is COc1cccc(C=C2CCC(N)C2)c1. The van der Waals surface area contributed by atoms with Crippen molar-refractivity contribution in [3.05, 3.63) is 35.4 Å². The molecule has 0 heterocycles. The minimum Gasteiger partial charge on any atom is -0.497 e. The molecule has 0 spiro atoms. The molecule has 15 heavy (non-hydrogen) atoms. The van der Waals surface area contributed by atoms with Crippen LogP contribution in [0.15, 0.2) is 29.8 Å². The highest BCUT2D eigenvalue weighted by molar-refractivity contribution is 5.55. The molecule has 2 N–H and O–H groups in total. The average Bonchev–Trinajstić information content (AvgIpc) is 2.64. The molecule has 1 saturated carbocycles. The van der Waals surface area contributed by atoms with Crippen molar-refractivity contribution < 1.29 is 4.74 Å². The zero-order valence-electron chi connectivity index (χ0n) is 9.07. The summed E-state index contributed by atoms with van der Waals surface area (Å²) < 4.78 is 5.19. The van der Waals surface area contributed by atoms with Gasteiger partial charge < -0.3 is 10.5 Å². The summed E-state index contributed by atoms with van der Waals surface area (Å²) in [7, 11) is 1.69. The summed E-state index contributed by atoms with van der Waals surface area (Å²) in [4.78, 5) is 0. The molecular weight excluding hydrogens is 186 g/mol. The van der Waals surface area contributed by atoms with E-state index in [2.05, 4.69) is 18.2 Å². The Morgan fingerprint density at radius 2 is 2.33 bits per heavy atom. The average molecular weight is 203 g/mol. The first-order valence-corrected chi connectivity index (χ1v) is 5.37. The summed E-state index contributed by atoms with van der Waals surface area (Å²) in [6, 6.07) is 8.49. The van der Waals surface area contributed by atoms with Crippen LogP contribution in [0.1, 0.15) is 24.8 Å². The molecule has 0 amide bonds. The van der Waals surface area contributed by atoms with E-state index >= 15 is 0 Å². The fourth-order valence-electron chi connectivity index (χ4n) is 2.01. The Morgan fingerprint density at radius 1 is 1.47 bits per heavy atom. The molecule has 1 unspecified atom stereocenters. The fourth-order valence-corrected chi connectivity index (χ4v) is 2.01. The lowest BCUT2D eigenvalue weighted by Gasteiger charge is -2.02. The predicted molar refractivity (Wildman–Crippen MR) is 62.8 cm³/mol. The Hall–Kier alpha value is -1.28. The summed E-state index contributed by atoms with van der Waals surface area (Å²) in [5, 5.41) is 0. The molecule has 1 fully saturated rings. The van der Waals surface area contributed by atoms with Gasteiger partial charge in [0.25, 0.3) is 0 Å². The lowest BCUT2D eigenvalue weighted by molar-refractivity contribution is 0.414. The van der Waals surface area contributed by atoms with Crippen LogP contribution in [0.3, 0.4) is 0 Å². The quantitative estimate of drug-likeness (QED) is 0.801. The second-order valence-electron chi connectivity index (χ2n) is 4.08. The summed E-state index contributed by atoms with van der Waals surface area (Å²) in [5.74, 6) is 0.909. The zero-order chi connectivity index (χ0) is 10.7. The molecule has 1 aromatic carbocycles. The van der Waals surface area contributed by atoms with Crippen LogP contribution >= 0.6 is 0 Å². The predicted octanol–water partition coefficient (Wildman–Crippen LogP) is 2.59. The van der Waals surface area contributed by atoms with Crippen molar-refractivity contribution in [2.75, 3.05) is 7.11 Å². The number of nitrogens with two attached hydrogens (primary N) is 1. The van der Waals surface area contributed by atoms with Crippen molar-refractivity contribution in [3.8, 4) is 5.75 Å². The van der Waals surface area contributed by atoms with Gasteiger partial charge in [-0.05, 0) is 37.0 Å². The van der Waals surface area contributed by atoms with Gasteiger partial charge in [-0.2, -0.15) is 0 Å². The normalized spacial score (nSPS) is 23.3. The zero-order valence-corrected chi connectivity index (χ0v) is 9.07. The molecule has 1 aromatic rings. The second-order valence-corrected chi connectivity index (χ2v) is 4.08. The highest BCUT2D eigenvalue weighted by Crippen LogP contribution is 2.26. The molecule has 2 nitrogen and oxygen atoms in total. The molecule has 0 saturated heterocycles. The summed E-state index contributed by atoms with van der Waals surface area (Å²) >= 11 is 0. The highest BCUT2D eigenvalue weighted by atomic mass is 16.5. The van der Waals surface area contributed by atoms with Crippen molar-refractivity contribution in [2.45, 2.75) is 25.3 Å². The molecule has 2 rings (SSSR count). The van der Waals surface area contributed by atoms with E-state index in [1.807, 2.05) is 12.1 Å². The molecule has 2 heteroatoms. The third-order valence-corrected chi connectivity index (χ3v) is 2.83. The van der Waals surface area contributed by atoms with Gasteiger partial charge in [-0.15, -0.1) is 0 Å². The Labute approximate surface area is 90.7 Å². The van der Waals surface area contributed by atoms with Crippen molar-refractivity contribution in [1.82, 2.24) is 0 Å². The van der Waals surface area contributed by atoms with Crippen molar-refractivity contribution in [3.63, 3.8) is 0 Å². The first-order chi connectivity index (χ1) is 7.28. The minimum atomic E-state index is 0.363. The first kappa shape index (κ1) is 10.2. The lowest BCUT2D eigenvalue weighted by atomic mass is 10.1. The molecule has 0 aromatic heterocycles. The topological polar surface area (TPSA) is 35.2 Å². The van der Waals surface area contributed by atoms with Crippen LogP contribution in [-0.4, -0.2) is 13.2 Å². The molecule has 1 atom stereocenters. The van der Waals surface area contributed by atoms with Crippen LogP contribution in [0, 0.1) is 0 Å². The largest absolute Gasteiger partial charge is 0.497 e. The number of ether oxygens (including phenoxy) is 1. The highest BCUT2D eigenvalue weighted by Gasteiger charge is 2.14. The van der Waals surface area contributed by atoms with Gasteiger partial charge in [-0.25, -0.2) is 0 Å². The van der Waals surface area contributed by atoms with E-state index in [0.717, 1.165) is 25.0 Å². The van der Waals surface area contributed by atoms with Gasteiger partial charge in [-0.1, -0.05) is 23.8 Å². The maximum atomic E-state index is 5.87. The van der Waals surface area contributed by atoms with E-state index in [1.54, 1.807) is 7.11 Å². The summed E-state index contributed by atoms with van der Waals surface area (Å²) in [6.07, 6.45) is 5.53. The van der Waals surface area contributed by atoms with Gasteiger partial charge in [0, 0.05) is 6.04 Å². The van der Waals surface area contributed by atoms with Crippen molar-refractivity contribution in [2.24, 2.45) is 5.73 Å². The Morgan fingerprint density at radius 3 is 3.00 bits per heavy atom. The fraction of sp³-hybridized carbons (Fsp3) is 0.385. The summed E-state index contributed by atoms with van der Waals surface area (Å²) in [5.41, 5.74) is 8.53. The maximum Gasteiger partial charge on any atom is 0.119 e. The van der Waals surface area contributed by atoms with Crippen LogP contribution in [-0.2, 0) is 0 Å². The Balaban J connectivity index is 2.16. The molecule has 80 valence electrons. The second kappa shape index (κ2) is 4.49. The Bertz CT molecular complexity index is 371. The van der Waals surface area contributed by atoms with Crippen LogP contribution in [0.4, 0.5) is 0 Å². The van der Waals surface area contributed by atoms with Crippen molar-refractivity contribution in [1.29, 1.82) is 0 Å². The molecule has 0 radical (unpaired) electrons. The van der Waals surface area contributed by atoms with Crippen molar-refractivity contribution >= 4 is 6.08 Å². The van der Waals surface area contributed by atoms with Gasteiger partial charge in [0.05, 0.1) is 7.11 Å². The van der Waals surface area contributed by atoms with E-state index in [9.17, 15) is 0 Å². The third kappa shape index (κ3) is 2.60. The molecule has 1 aliphatic carbocycles. The van der Waals surface area contributed by atoms with E-state index in [4.69, 9.17) is 10.5 Å². The monoisotopic (exact) mass is 203 g/mol.